The Balaban J connectivity index is 2.00. The predicted molar refractivity (Wildman–Crippen MR) is 111 cm³/mol. The molecule has 0 fully saturated rings. The summed E-state index contributed by atoms with van der Waals surface area (Å²) in [4.78, 5) is 24.2. The van der Waals surface area contributed by atoms with Gasteiger partial charge in [-0.3, -0.25) is 4.79 Å². The summed E-state index contributed by atoms with van der Waals surface area (Å²) in [6.45, 7) is 4.40. The number of ether oxygens (including phenoxy) is 4. The second kappa shape index (κ2) is 11.6. The van der Waals surface area contributed by atoms with Crippen LogP contribution in [0.5, 0.6) is 17.2 Å². The molecule has 0 aliphatic heterocycles. The Morgan fingerprint density at radius 3 is 2.47 bits per heavy atom. The molecule has 2 rings (SSSR count). The number of methoxy groups -OCH3 is 1. The van der Waals surface area contributed by atoms with E-state index in [0.29, 0.717) is 30.3 Å². The van der Waals surface area contributed by atoms with Crippen LogP contribution >= 0.6 is 0 Å². The first-order chi connectivity index (χ1) is 14.5. The van der Waals surface area contributed by atoms with Crippen molar-refractivity contribution in [3.63, 3.8) is 0 Å². The van der Waals surface area contributed by atoms with Crippen LogP contribution in [0.3, 0.4) is 0 Å². The molecule has 2 aromatic carbocycles. The second-order valence-electron chi connectivity index (χ2n) is 6.20. The maximum Gasteiger partial charge on any atom is 0.331 e. The molecule has 0 aromatic heterocycles. The van der Waals surface area contributed by atoms with Crippen molar-refractivity contribution in [1.29, 1.82) is 0 Å². The summed E-state index contributed by atoms with van der Waals surface area (Å²) >= 11 is 0. The van der Waals surface area contributed by atoms with Crippen molar-refractivity contribution in [2.24, 2.45) is 0 Å². The SMILES string of the molecule is CCCOc1ccc(/C=C/C(=O)OCC(=O)c2cc(F)ccc2OC)cc1OCC. The van der Waals surface area contributed by atoms with E-state index in [2.05, 4.69) is 0 Å². The van der Waals surface area contributed by atoms with Gasteiger partial charge in [0, 0.05) is 6.08 Å². The lowest BCUT2D eigenvalue weighted by molar-refractivity contribution is -0.136. The van der Waals surface area contributed by atoms with Gasteiger partial charge in [0.15, 0.2) is 18.1 Å². The number of ketones is 1. The number of hydrogen-bond acceptors (Lipinski definition) is 6. The van der Waals surface area contributed by atoms with Gasteiger partial charge in [0.25, 0.3) is 0 Å². The minimum Gasteiger partial charge on any atom is -0.496 e. The third-order valence-corrected chi connectivity index (χ3v) is 3.95. The molecule has 0 spiro atoms. The molecule has 2 aromatic rings. The van der Waals surface area contributed by atoms with Crippen molar-refractivity contribution in [1.82, 2.24) is 0 Å². The molecule has 0 N–H and O–H groups in total. The topological polar surface area (TPSA) is 71.1 Å². The molecular formula is C23H25FO6. The van der Waals surface area contributed by atoms with Gasteiger partial charge in [-0.15, -0.1) is 0 Å². The van der Waals surface area contributed by atoms with Crippen molar-refractivity contribution >= 4 is 17.8 Å². The lowest BCUT2D eigenvalue weighted by atomic mass is 10.1. The van der Waals surface area contributed by atoms with E-state index >= 15 is 0 Å². The van der Waals surface area contributed by atoms with Crippen molar-refractivity contribution < 1.29 is 32.9 Å². The Hall–Kier alpha value is -3.35. The van der Waals surface area contributed by atoms with Crippen LogP contribution < -0.4 is 14.2 Å². The summed E-state index contributed by atoms with van der Waals surface area (Å²) in [6.07, 6.45) is 3.62. The number of halogens is 1. The minimum atomic E-state index is -0.706. The van der Waals surface area contributed by atoms with Crippen LogP contribution in [0.4, 0.5) is 4.39 Å². The maximum atomic E-state index is 13.4. The van der Waals surface area contributed by atoms with Crippen molar-refractivity contribution in [3.05, 3.63) is 59.4 Å². The van der Waals surface area contributed by atoms with Crippen LogP contribution in [0.15, 0.2) is 42.5 Å². The highest BCUT2D eigenvalue weighted by molar-refractivity contribution is 6.01. The van der Waals surface area contributed by atoms with Gasteiger partial charge < -0.3 is 18.9 Å². The molecule has 0 heterocycles. The fourth-order valence-corrected chi connectivity index (χ4v) is 2.55. The highest BCUT2D eigenvalue weighted by Gasteiger charge is 2.15. The summed E-state index contributed by atoms with van der Waals surface area (Å²) in [5, 5.41) is 0. The van der Waals surface area contributed by atoms with E-state index in [1.54, 1.807) is 24.3 Å². The number of Topliss-reactive ketones (excluding diaryl/α,β-unsaturated/α-hetero) is 1. The monoisotopic (exact) mass is 416 g/mol. The third-order valence-electron chi connectivity index (χ3n) is 3.95. The molecule has 0 atom stereocenters. The van der Waals surface area contributed by atoms with E-state index in [0.717, 1.165) is 12.5 Å². The van der Waals surface area contributed by atoms with Gasteiger partial charge in [0.2, 0.25) is 5.78 Å². The van der Waals surface area contributed by atoms with Crippen molar-refractivity contribution in [2.75, 3.05) is 26.9 Å². The first-order valence-corrected chi connectivity index (χ1v) is 9.59. The van der Waals surface area contributed by atoms with Crippen LogP contribution in [0.2, 0.25) is 0 Å². The van der Waals surface area contributed by atoms with Crippen LogP contribution in [-0.2, 0) is 9.53 Å². The molecule has 6 nitrogen and oxygen atoms in total. The normalized spacial score (nSPS) is 10.7. The minimum absolute atomic E-state index is 0.0123. The number of benzene rings is 2. The second-order valence-corrected chi connectivity index (χ2v) is 6.20. The molecule has 0 unspecified atom stereocenters. The maximum absolute atomic E-state index is 13.4. The van der Waals surface area contributed by atoms with E-state index in [1.165, 1.54) is 25.3 Å². The largest absolute Gasteiger partial charge is 0.496 e. The van der Waals surface area contributed by atoms with Gasteiger partial charge >= 0.3 is 5.97 Å². The average molecular weight is 416 g/mol. The first kappa shape index (κ1) is 22.9. The number of rotatable bonds is 11. The van der Waals surface area contributed by atoms with Gasteiger partial charge in [-0.1, -0.05) is 13.0 Å². The Kier molecular flexibility index (Phi) is 8.87. The molecule has 0 radical (unpaired) electrons. The van der Waals surface area contributed by atoms with Gasteiger partial charge in [0.05, 0.1) is 25.9 Å². The van der Waals surface area contributed by atoms with Gasteiger partial charge in [-0.05, 0) is 55.3 Å². The van der Waals surface area contributed by atoms with Crippen molar-refractivity contribution in [2.45, 2.75) is 20.3 Å². The van der Waals surface area contributed by atoms with Crippen LogP contribution in [0.25, 0.3) is 6.08 Å². The van der Waals surface area contributed by atoms with Gasteiger partial charge in [0.1, 0.15) is 11.6 Å². The molecule has 0 aliphatic carbocycles. The molecule has 0 aliphatic rings. The Morgan fingerprint density at radius 2 is 1.77 bits per heavy atom. The fraction of sp³-hybridized carbons (Fsp3) is 0.304. The van der Waals surface area contributed by atoms with E-state index in [4.69, 9.17) is 18.9 Å². The van der Waals surface area contributed by atoms with Gasteiger partial charge in [-0.25, -0.2) is 9.18 Å². The molecule has 0 saturated heterocycles. The highest BCUT2D eigenvalue weighted by atomic mass is 19.1. The molecule has 7 heteroatoms. The summed E-state index contributed by atoms with van der Waals surface area (Å²) < 4.78 is 34.6. The zero-order valence-corrected chi connectivity index (χ0v) is 17.3. The molecule has 0 amide bonds. The summed E-state index contributed by atoms with van der Waals surface area (Å²) in [5.41, 5.74) is 0.718. The summed E-state index contributed by atoms with van der Waals surface area (Å²) in [7, 11) is 1.37. The van der Waals surface area contributed by atoms with E-state index in [9.17, 15) is 14.0 Å². The van der Waals surface area contributed by atoms with E-state index < -0.39 is 24.2 Å². The molecule has 160 valence electrons. The zero-order chi connectivity index (χ0) is 21.9. The van der Waals surface area contributed by atoms with E-state index in [1.807, 2.05) is 13.8 Å². The van der Waals surface area contributed by atoms with Gasteiger partial charge in [-0.2, -0.15) is 0 Å². The summed E-state index contributed by atoms with van der Waals surface area (Å²) in [6, 6.07) is 8.86. The predicted octanol–water partition coefficient (Wildman–Crippen LogP) is 4.46. The Bertz CT molecular complexity index is 907. The molecule has 0 saturated carbocycles. The molecule has 0 bridgehead atoms. The highest BCUT2D eigenvalue weighted by Crippen LogP contribution is 2.29. The standard InChI is InChI=1S/C23H25FO6/c1-4-12-29-21-9-6-16(13-22(21)28-5-2)7-11-23(26)30-15-19(25)18-14-17(24)8-10-20(18)27-3/h6-11,13-14H,4-5,12,15H2,1-3H3/b11-7+. The lowest BCUT2D eigenvalue weighted by Gasteiger charge is -2.12. The first-order valence-electron chi connectivity index (χ1n) is 9.59. The fourth-order valence-electron chi connectivity index (χ4n) is 2.55. The van der Waals surface area contributed by atoms with Crippen LogP contribution in [0.1, 0.15) is 36.2 Å². The Morgan fingerprint density at radius 1 is 1.00 bits per heavy atom. The number of hydrogen-bond donors (Lipinski definition) is 0. The Labute approximate surface area is 175 Å². The average Bonchev–Trinajstić information content (AvgIpc) is 2.75. The van der Waals surface area contributed by atoms with Crippen molar-refractivity contribution in [3.8, 4) is 17.2 Å². The number of esters is 1. The third kappa shape index (κ3) is 6.62. The zero-order valence-electron chi connectivity index (χ0n) is 17.3. The number of carbonyl (C=O) groups is 2. The smallest absolute Gasteiger partial charge is 0.331 e. The van der Waals surface area contributed by atoms with Crippen LogP contribution in [-0.4, -0.2) is 38.7 Å². The van der Waals surface area contributed by atoms with Crippen LogP contribution in [0, 0.1) is 5.82 Å². The lowest BCUT2D eigenvalue weighted by Crippen LogP contribution is -2.13. The molecular weight excluding hydrogens is 391 g/mol. The number of carbonyl (C=O) groups excluding carboxylic acids is 2. The van der Waals surface area contributed by atoms with E-state index in [-0.39, 0.29) is 11.3 Å². The molecule has 30 heavy (non-hydrogen) atoms. The quantitative estimate of drug-likeness (QED) is 0.306. The summed E-state index contributed by atoms with van der Waals surface area (Å²) in [5.74, 6) is -0.432.